The first-order chi connectivity index (χ1) is 17.5. The van der Waals surface area contributed by atoms with E-state index >= 15 is 0 Å². The zero-order chi connectivity index (χ0) is 25.0. The fraction of sp³-hybridized carbons (Fsp3) is 0.214. The second-order valence-corrected chi connectivity index (χ2v) is 9.00. The lowest BCUT2D eigenvalue weighted by molar-refractivity contribution is -0.124. The number of anilines is 1. The number of carbonyl (C=O) groups excluding carboxylic acids is 3. The molecule has 0 N–H and O–H groups in total. The number of imide groups is 1. The smallest absolute Gasteiger partial charge is 0.240 e. The van der Waals surface area contributed by atoms with E-state index in [9.17, 15) is 14.4 Å². The third-order valence-corrected chi connectivity index (χ3v) is 7.27. The number of ketones is 1. The summed E-state index contributed by atoms with van der Waals surface area (Å²) in [4.78, 5) is 42.8. The molecule has 8 heteroatoms. The van der Waals surface area contributed by atoms with Gasteiger partial charge in [0.25, 0.3) is 0 Å². The van der Waals surface area contributed by atoms with Crippen molar-refractivity contribution in [1.29, 1.82) is 0 Å². The molecule has 0 radical (unpaired) electrons. The van der Waals surface area contributed by atoms with E-state index in [0.717, 1.165) is 11.1 Å². The van der Waals surface area contributed by atoms with Gasteiger partial charge in [-0.3, -0.25) is 19.4 Å². The second-order valence-electron chi connectivity index (χ2n) is 9.00. The zero-order valence-corrected chi connectivity index (χ0v) is 19.7. The fourth-order valence-corrected chi connectivity index (χ4v) is 5.58. The van der Waals surface area contributed by atoms with E-state index in [2.05, 4.69) is 5.10 Å². The minimum Gasteiger partial charge on any atom is -0.497 e. The van der Waals surface area contributed by atoms with Crippen LogP contribution in [0.1, 0.15) is 27.5 Å². The van der Waals surface area contributed by atoms with Gasteiger partial charge in [-0.2, -0.15) is 5.10 Å². The van der Waals surface area contributed by atoms with Crippen LogP contribution in [-0.4, -0.2) is 49.1 Å². The fourth-order valence-electron chi connectivity index (χ4n) is 5.58. The average molecular weight is 482 g/mol. The predicted octanol–water partition coefficient (Wildman–Crippen LogP) is 3.47. The molecule has 0 spiro atoms. The third kappa shape index (κ3) is 3.14. The van der Waals surface area contributed by atoms with E-state index in [4.69, 9.17) is 9.47 Å². The Balaban J connectivity index is 1.46. The summed E-state index contributed by atoms with van der Waals surface area (Å²) in [5, 5.41) is 6.25. The number of hydrogen-bond acceptors (Lipinski definition) is 7. The molecule has 3 heterocycles. The van der Waals surface area contributed by atoms with Crippen LogP contribution in [-0.2, 0) is 9.59 Å². The van der Waals surface area contributed by atoms with Crippen LogP contribution >= 0.6 is 0 Å². The second kappa shape index (κ2) is 8.34. The van der Waals surface area contributed by atoms with Gasteiger partial charge in [0.1, 0.15) is 17.5 Å². The Labute approximate surface area is 207 Å². The SMILES string of the molecule is COc1ccc(C(=O)[C@@H]2[C@@H]3C(=O)N(c4ccc(OC)cc4)C(=O)[C@@H]3[C@@H]3c4ccccc4C=NN23)cc1. The summed E-state index contributed by atoms with van der Waals surface area (Å²) in [6, 6.07) is 19.7. The Morgan fingerprint density at radius 3 is 2.08 bits per heavy atom. The summed E-state index contributed by atoms with van der Waals surface area (Å²) in [7, 11) is 3.11. The normalized spacial score (nSPS) is 23.8. The summed E-state index contributed by atoms with van der Waals surface area (Å²) in [5.74, 6) is -1.37. The molecule has 2 amide bonds. The molecule has 36 heavy (non-hydrogen) atoms. The number of rotatable bonds is 5. The summed E-state index contributed by atoms with van der Waals surface area (Å²) in [5.41, 5.74) is 2.64. The molecule has 2 saturated heterocycles. The maximum absolute atomic E-state index is 13.9. The summed E-state index contributed by atoms with van der Waals surface area (Å²) in [6.45, 7) is 0. The number of nitrogens with zero attached hydrogens (tertiary/aromatic N) is 3. The lowest BCUT2D eigenvalue weighted by Gasteiger charge is -2.33. The lowest BCUT2D eigenvalue weighted by Crippen LogP contribution is -2.44. The quantitative estimate of drug-likeness (QED) is 0.410. The summed E-state index contributed by atoms with van der Waals surface area (Å²) < 4.78 is 10.4. The Hall–Kier alpha value is -4.46. The molecule has 0 saturated carbocycles. The average Bonchev–Trinajstić information content (AvgIpc) is 3.40. The number of Topliss-reactive ketones (excluding diaryl/α,β-unsaturated/α-hetero) is 1. The number of methoxy groups -OCH3 is 2. The van der Waals surface area contributed by atoms with Gasteiger partial charge in [0, 0.05) is 5.56 Å². The molecular formula is C28H23N3O5. The molecule has 3 aromatic carbocycles. The van der Waals surface area contributed by atoms with Crippen LogP contribution in [0.2, 0.25) is 0 Å². The minimum absolute atomic E-state index is 0.260. The highest BCUT2D eigenvalue weighted by molar-refractivity contribution is 6.24. The molecule has 8 nitrogen and oxygen atoms in total. The first-order valence-corrected chi connectivity index (χ1v) is 11.6. The third-order valence-electron chi connectivity index (χ3n) is 7.27. The van der Waals surface area contributed by atoms with Crippen molar-refractivity contribution in [1.82, 2.24) is 5.01 Å². The maximum Gasteiger partial charge on any atom is 0.240 e. The van der Waals surface area contributed by atoms with Crippen LogP contribution in [0.25, 0.3) is 0 Å². The molecule has 180 valence electrons. The molecular weight excluding hydrogens is 458 g/mol. The largest absolute Gasteiger partial charge is 0.497 e. The Morgan fingerprint density at radius 1 is 0.806 bits per heavy atom. The molecule has 4 atom stereocenters. The van der Waals surface area contributed by atoms with Gasteiger partial charge in [-0.05, 0) is 59.7 Å². The van der Waals surface area contributed by atoms with Gasteiger partial charge in [0.05, 0.1) is 44.0 Å². The lowest BCUT2D eigenvalue weighted by atomic mass is 9.83. The van der Waals surface area contributed by atoms with Crippen LogP contribution < -0.4 is 14.4 Å². The number of carbonyl (C=O) groups is 3. The van der Waals surface area contributed by atoms with E-state index in [-0.39, 0.29) is 11.7 Å². The Morgan fingerprint density at radius 2 is 1.42 bits per heavy atom. The highest BCUT2D eigenvalue weighted by Crippen LogP contribution is 2.53. The van der Waals surface area contributed by atoms with E-state index in [1.807, 2.05) is 24.3 Å². The van der Waals surface area contributed by atoms with Gasteiger partial charge in [0.2, 0.25) is 11.8 Å². The predicted molar refractivity (Wildman–Crippen MR) is 132 cm³/mol. The molecule has 0 bridgehead atoms. The van der Waals surface area contributed by atoms with Gasteiger partial charge in [-0.1, -0.05) is 24.3 Å². The van der Waals surface area contributed by atoms with E-state index < -0.39 is 29.8 Å². The molecule has 0 aliphatic carbocycles. The molecule has 3 aromatic rings. The van der Waals surface area contributed by atoms with Crippen LogP contribution in [0.15, 0.2) is 77.9 Å². The number of amides is 2. The van der Waals surface area contributed by atoms with Crippen LogP contribution in [0.3, 0.4) is 0 Å². The van der Waals surface area contributed by atoms with Crippen molar-refractivity contribution in [3.63, 3.8) is 0 Å². The summed E-state index contributed by atoms with van der Waals surface area (Å²) >= 11 is 0. The van der Waals surface area contributed by atoms with E-state index in [1.54, 1.807) is 74.0 Å². The summed E-state index contributed by atoms with van der Waals surface area (Å²) in [6.07, 6.45) is 1.69. The van der Waals surface area contributed by atoms with Gasteiger partial charge in [-0.25, -0.2) is 4.90 Å². The van der Waals surface area contributed by atoms with Crippen molar-refractivity contribution < 1.29 is 23.9 Å². The van der Waals surface area contributed by atoms with Crippen LogP contribution in [0.4, 0.5) is 5.69 Å². The number of benzene rings is 3. The molecule has 6 rings (SSSR count). The first-order valence-electron chi connectivity index (χ1n) is 11.6. The number of fused-ring (bicyclic) bond motifs is 5. The minimum atomic E-state index is -0.919. The van der Waals surface area contributed by atoms with Gasteiger partial charge >= 0.3 is 0 Å². The van der Waals surface area contributed by atoms with Crippen molar-refractivity contribution in [2.45, 2.75) is 12.1 Å². The van der Waals surface area contributed by atoms with Gasteiger partial charge in [-0.15, -0.1) is 0 Å². The molecule has 0 unspecified atom stereocenters. The van der Waals surface area contributed by atoms with E-state index in [0.29, 0.717) is 22.7 Å². The standard InChI is InChI=1S/C28H23N3O5/c1-35-19-11-7-16(8-12-19)26(32)25-23-22(24-21-6-4-3-5-17(21)15-29-31(24)25)27(33)30(28(23)34)18-9-13-20(36-2)14-10-18/h3-15,22-25H,1-2H3/t22-,23+,24-,25-/m0/s1. The highest BCUT2D eigenvalue weighted by Gasteiger charge is 2.65. The number of ether oxygens (including phenoxy) is 2. The van der Waals surface area contributed by atoms with Crippen molar-refractivity contribution in [2.24, 2.45) is 16.9 Å². The molecule has 2 fully saturated rings. The van der Waals surface area contributed by atoms with Crippen LogP contribution in [0.5, 0.6) is 11.5 Å². The highest BCUT2D eigenvalue weighted by atomic mass is 16.5. The first kappa shape index (κ1) is 22.0. The molecule has 0 aromatic heterocycles. The van der Waals surface area contributed by atoms with Crippen molar-refractivity contribution in [3.8, 4) is 11.5 Å². The molecule has 3 aliphatic heterocycles. The number of hydrazone groups is 1. The Bertz CT molecular complexity index is 1400. The van der Waals surface area contributed by atoms with Crippen molar-refractivity contribution in [3.05, 3.63) is 89.5 Å². The Kier molecular flexibility index (Phi) is 5.10. The van der Waals surface area contributed by atoms with Gasteiger partial charge in [0.15, 0.2) is 5.78 Å². The van der Waals surface area contributed by atoms with Crippen LogP contribution in [0, 0.1) is 11.8 Å². The number of hydrogen-bond donors (Lipinski definition) is 0. The topological polar surface area (TPSA) is 88.5 Å². The van der Waals surface area contributed by atoms with E-state index in [1.165, 1.54) is 4.90 Å². The molecule has 3 aliphatic rings. The van der Waals surface area contributed by atoms with Crippen molar-refractivity contribution >= 4 is 29.5 Å². The maximum atomic E-state index is 13.9. The monoisotopic (exact) mass is 481 g/mol. The zero-order valence-electron chi connectivity index (χ0n) is 19.7. The van der Waals surface area contributed by atoms with Gasteiger partial charge < -0.3 is 9.47 Å². The van der Waals surface area contributed by atoms with Crippen molar-refractivity contribution in [2.75, 3.05) is 19.1 Å².